The molecule has 0 saturated heterocycles. The van der Waals surface area contributed by atoms with E-state index in [-0.39, 0.29) is 5.78 Å². The molecule has 148 valence electrons. The van der Waals surface area contributed by atoms with E-state index in [4.69, 9.17) is 18.9 Å². The molecule has 2 aromatic rings. The Labute approximate surface area is 164 Å². The molecule has 6 heteroatoms. The minimum Gasteiger partial charge on any atom is -0.493 e. The molecule has 0 spiro atoms. The van der Waals surface area contributed by atoms with Crippen molar-refractivity contribution in [2.45, 2.75) is 32.3 Å². The highest BCUT2D eigenvalue weighted by molar-refractivity contribution is 6.02. The van der Waals surface area contributed by atoms with Gasteiger partial charge in [-0.3, -0.25) is 4.79 Å². The van der Waals surface area contributed by atoms with Crippen molar-refractivity contribution in [1.29, 1.82) is 0 Å². The summed E-state index contributed by atoms with van der Waals surface area (Å²) in [5.74, 6) is 0.834. The summed E-state index contributed by atoms with van der Waals surface area (Å²) in [5.41, 5.74) is 2.05. The SMILES string of the molecule is COC(=O)C(C)(C)Oc1c(-c2cccc3c2CCC3=O)ccc(OC)c1OC. The number of hydrogen-bond acceptors (Lipinski definition) is 6. The molecule has 0 aliphatic heterocycles. The van der Waals surface area contributed by atoms with Gasteiger partial charge in [-0.25, -0.2) is 4.79 Å². The summed E-state index contributed by atoms with van der Waals surface area (Å²) in [6, 6.07) is 9.26. The summed E-state index contributed by atoms with van der Waals surface area (Å²) < 4.78 is 22.0. The lowest BCUT2D eigenvalue weighted by Gasteiger charge is -2.27. The number of esters is 1. The monoisotopic (exact) mass is 384 g/mol. The molecule has 28 heavy (non-hydrogen) atoms. The minimum atomic E-state index is -1.25. The van der Waals surface area contributed by atoms with Crippen LogP contribution in [-0.2, 0) is 16.0 Å². The fourth-order valence-electron chi connectivity index (χ4n) is 3.50. The number of benzene rings is 2. The Morgan fingerprint density at radius 2 is 1.61 bits per heavy atom. The minimum absolute atomic E-state index is 0.134. The zero-order valence-corrected chi connectivity index (χ0v) is 16.8. The summed E-state index contributed by atoms with van der Waals surface area (Å²) in [6.07, 6.45) is 1.15. The van der Waals surface area contributed by atoms with Crippen LogP contribution in [0.4, 0.5) is 0 Å². The molecule has 0 radical (unpaired) electrons. The molecule has 1 aliphatic carbocycles. The van der Waals surface area contributed by atoms with Crippen molar-refractivity contribution in [2.75, 3.05) is 21.3 Å². The molecule has 0 amide bonds. The van der Waals surface area contributed by atoms with Gasteiger partial charge in [0.05, 0.1) is 21.3 Å². The Balaban J connectivity index is 2.23. The normalized spacial score (nSPS) is 13.1. The first-order valence-corrected chi connectivity index (χ1v) is 9.02. The van der Waals surface area contributed by atoms with Gasteiger partial charge in [0.1, 0.15) is 0 Å². The van der Waals surface area contributed by atoms with Crippen LogP contribution in [0.1, 0.15) is 36.2 Å². The molecule has 0 aromatic heterocycles. The van der Waals surface area contributed by atoms with Crippen LogP contribution in [0.2, 0.25) is 0 Å². The first-order valence-electron chi connectivity index (χ1n) is 9.02. The number of carbonyl (C=O) groups excluding carboxylic acids is 2. The molecule has 3 rings (SSSR count). The van der Waals surface area contributed by atoms with Crippen molar-refractivity contribution in [3.63, 3.8) is 0 Å². The average Bonchev–Trinajstić information content (AvgIpc) is 3.07. The summed E-state index contributed by atoms with van der Waals surface area (Å²) in [5, 5.41) is 0. The van der Waals surface area contributed by atoms with Gasteiger partial charge in [-0.1, -0.05) is 18.2 Å². The number of hydrogen-bond donors (Lipinski definition) is 0. The molecule has 0 heterocycles. The van der Waals surface area contributed by atoms with Crippen molar-refractivity contribution < 1.29 is 28.5 Å². The fourth-order valence-corrected chi connectivity index (χ4v) is 3.50. The van der Waals surface area contributed by atoms with Gasteiger partial charge in [0.25, 0.3) is 0 Å². The van der Waals surface area contributed by atoms with E-state index in [1.54, 1.807) is 19.9 Å². The van der Waals surface area contributed by atoms with E-state index in [1.165, 1.54) is 21.3 Å². The Bertz CT molecular complexity index is 929. The van der Waals surface area contributed by atoms with Gasteiger partial charge >= 0.3 is 5.97 Å². The summed E-state index contributed by atoms with van der Waals surface area (Å²) in [4.78, 5) is 24.4. The zero-order valence-electron chi connectivity index (χ0n) is 16.8. The highest BCUT2D eigenvalue weighted by atomic mass is 16.6. The molecule has 6 nitrogen and oxygen atoms in total. The number of ketones is 1. The van der Waals surface area contributed by atoms with Gasteiger partial charge in [-0.2, -0.15) is 0 Å². The van der Waals surface area contributed by atoms with Crippen LogP contribution in [0.15, 0.2) is 30.3 Å². The van der Waals surface area contributed by atoms with Crippen molar-refractivity contribution >= 4 is 11.8 Å². The van der Waals surface area contributed by atoms with E-state index in [2.05, 4.69) is 0 Å². The van der Waals surface area contributed by atoms with Crippen LogP contribution in [0.25, 0.3) is 11.1 Å². The third kappa shape index (κ3) is 3.30. The van der Waals surface area contributed by atoms with Gasteiger partial charge in [0.2, 0.25) is 5.75 Å². The van der Waals surface area contributed by atoms with Crippen LogP contribution in [0.3, 0.4) is 0 Å². The number of carbonyl (C=O) groups is 2. The number of rotatable bonds is 6. The topological polar surface area (TPSA) is 71.1 Å². The van der Waals surface area contributed by atoms with Crippen molar-refractivity contribution in [1.82, 2.24) is 0 Å². The molecular weight excluding hydrogens is 360 g/mol. The Morgan fingerprint density at radius 3 is 2.25 bits per heavy atom. The number of fused-ring (bicyclic) bond motifs is 1. The van der Waals surface area contributed by atoms with Crippen LogP contribution in [0.5, 0.6) is 17.2 Å². The average molecular weight is 384 g/mol. The quantitative estimate of drug-likeness (QED) is 0.705. The first-order chi connectivity index (χ1) is 13.3. The molecule has 0 unspecified atom stereocenters. The van der Waals surface area contributed by atoms with Crippen LogP contribution >= 0.6 is 0 Å². The molecular formula is C22H24O6. The summed E-state index contributed by atoms with van der Waals surface area (Å²) in [6.45, 7) is 3.25. The highest BCUT2D eigenvalue weighted by Gasteiger charge is 2.35. The Morgan fingerprint density at radius 1 is 0.893 bits per heavy atom. The van der Waals surface area contributed by atoms with Gasteiger partial charge in [-0.05, 0) is 43.5 Å². The number of ether oxygens (including phenoxy) is 4. The standard InChI is InChI=1S/C22H24O6/c1-22(2,21(24)27-5)28-19-16(10-12-18(25-3)20(19)26-4)13-7-6-8-15-14(13)9-11-17(15)23/h6-8,10,12H,9,11H2,1-5H3. The fraction of sp³-hybridized carbons (Fsp3) is 0.364. The second-order valence-electron chi connectivity index (χ2n) is 7.04. The van der Waals surface area contributed by atoms with Crippen molar-refractivity contribution in [2.24, 2.45) is 0 Å². The van der Waals surface area contributed by atoms with E-state index in [0.717, 1.165) is 22.3 Å². The van der Waals surface area contributed by atoms with Gasteiger partial charge < -0.3 is 18.9 Å². The van der Waals surface area contributed by atoms with Crippen molar-refractivity contribution in [3.8, 4) is 28.4 Å². The largest absolute Gasteiger partial charge is 0.493 e. The third-order valence-corrected chi connectivity index (χ3v) is 4.90. The molecule has 0 fully saturated rings. The lowest BCUT2D eigenvalue weighted by molar-refractivity contribution is -0.156. The molecule has 2 aromatic carbocycles. The smallest absolute Gasteiger partial charge is 0.349 e. The molecule has 0 saturated carbocycles. The lowest BCUT2D eigenvalue weighted by atomic mass is 9.95. The van der Waals surface area contributed by atoms with Crippen LogP contribution in [0, 0.1) is 0 Å². The van der Waals surface area contributed by atoms with Crippen molar-refractivity contribution in [3.05, 3.63) is 41.5 Å². The maximum Gasteiger partial charge on any atom is 0.349 e. The first kappa shape index (κ1) is 19.7. The van der Waals surface area contributed by atoms with Gasteiger partial charge in [-0.15, -0.1) is 0 Å². The van der Waals surface area contributed by atoms with E-state index in [9.17, 15) is 9.59 Å². The molecule has 1 aliphatic rings. The van der Waals surface area contributed by atoms with Crippen LogP contribution in [-0.4, -0.2) is 38.7 Å². The predicted octanol–water partition coefficient (Wildman–Crippen LogP) is 3.83. The second kappa shape index (κ2) is 7.54. The third-order valence-electron chi connectivity index (χ3n) is 4.90. The highest BCUT2D eigenvalue weighted by Crippen LogP contribution is 2.47. The van der Waals surface area contributed by atoms with E-state index in [1.807, 2.05) is 24.3 Å². The number of methoxy groups -OCH3 is 3. The van der Waals surface area contributed by atoms with E-state index in [0.29, 0.717) is 30.1 Å². The summed E-state index contributed by atoms with van der Waals surface area (Å²) >= 11 is 0. The molecule has 0 N–H and O–H groups in total. The van der Waals surface area contributed by atoms with E-state index >= 15 is 0 Å². The maximum atomic E-state index is 12.2. The number of Topliss-reactive ketones (excluding diaryl/α,β-unsaturated/α-hetero) is 1. The molecule has 0 atom stereocenters. The summed E-state index contributed by atoms with van der Waals surface area (Å²) in [7, 11) is 4.36. The Kier molecular flexibility index (Phi) is 5.31. The maximum absolute atomic E-state index is 12.2. The Hall–Kier alpha value is -3.02. The predicted molar refractivity (Wildman–Crippen MR) is 104 cm³/mol. The zero-order chi connectivity index (χ0) is 20.5. The molecule has 0 bridgehead atoms. The lowest BCUT2D eigenvalue weighted by Crippen LogP contribution is -2.39. The van der Waals surface area contributed by atoms with Gasteiger partial charge in [0, 0.05) is 17.5 Å². The van der Waals surface area contributed by atoms with Crippen LogP contribution < -0.4 is 14.2 Å². The second-order valence-corrected chi connectivity index (χ2v) is 7.04. The van der Waals surface area contributed by atoms with Gasteiger partial charge in [0.15, 0.2) is 22.9 Å². The van der Waals surface area contributed by atoms with E-state index < -0.39 is 11.6 Å².